The summed E-state index contributed by atoms with van der Waals surface area (Å²) in [7, 11) is 1.61. The second-order valence-corrected chi connectivity index (χ2v) is 7.27. The Labute approximate surface area is 180 Å². The second kappa shape index (κ2) is 8.17. The van der Waals surface area contributed by atoms with Gasteiger partial charge in [0, 0.05) is 37.0 Å². The molecule has 1 aliphatic heterocycles. The summed E-state index contributed by atoms with van der Waals surface area (Å²) in [6.45, 7) is 0.0000961. The molecule has 0 saturated carbocycles. The van der Waals surface area contributed by atoms with E-state index in [4.69, 9.17) is 4.42 Å². The second-order valence-electron chi connectivity index (χ2n) is 7.27. The van der Waals surface area contributed by atoms with E-state index >= 15 is 0 Å². The molecule has 0 fully saturated rings. The zero-order valence-electron chi connectivity index (χ0n) is 16.8. The molecule has 0 radical (unpaired) electrons. The summed E-state index contributed by atoms with van der Waals surface area (Å²) in [4.78, 5) is 39.5. The molecule has 2 amide bonds. The number of rotatable bonds is 5. The van der Waals surface area contributed by atoms with Crippen LogP contribution in [0.25, 0.3) is 0 Å². The molecule has 0 saturated heterocycles. The Hall–Kier alpha value is -4.15. The summed E-state index contributed by atoms with van der Waals surface area (Å²) >= 11 is 0. The van der Waals surface area contributed by atoms with Crippen molar-refractivity contribution in [3.8, 4) is 5.75 Å². The van der Waals surface area contributed by atoms with E-state index in [1.165, 1.54) is 33.2 Å². The van der Waals surface area contributed by atoms with Gasteiger partial charge in [-0.2, -0.15) is 0 Å². The van der Waals surface area contributed by atoms with Crippen LogP contribution >= 0.6 is 0 Å². The van der Waals surface area contributed by atoms with Crippen LogP contribution in [0.4, 0.5) is 8.78 Å². The Morgan fingerprint density at radius 1 is 1.25 bits per heavy atom. The summed E-state index contributed by atoms with van der Waals surface area (Å²) in [6, 6.07) is 4.58. The van der Waals surface area contributed by atoms with E-state index in [0.29, 0.717) is 6.07 Å². The van der Waals surface area contributed by atoms with Gasteiger partial charge in [0.25, 0.3) is 11.8 Å². The van der Waals surface area contributed by atoms with Crippen molar-refractivity contribution in [3.05, 3.63) is 87.2 Å². The first kappa shape index (κ1) is 21.1. The van der Waals surface area contributed by atoms with Crippen molar-refractivity contribution in [2.24, 2.45) is 0 Å². The largest absolute Gasteiger partial charge is 0.502 e. The molecule has 9 nitrogen and oxygen atoms in total. The minimum absolute atomic E-state index is 0.0178. The number of nitrogens with one attached hydrogen (secondary N) is 1. The third kappa shape index (κ3) is 3.80. The predicted octanol–water partition coefficient (Wildman–Crippen LogP) is 1.54. The number of amides is 2. The van der Waals surface area contributed by atoms with Crippen LogP contribution in [0, 0.1) is 11.6 Å². The predicted molar refractivity (Wildman–Crippen MR) is 107 cm³/mol. The van der Waals surface area contributed by atoms with Crippen molar-refractivity contribution in [3.63, 3.8) is 0 Å². The quantitative estimate of drug-likeness (QED) is 0.618. The molecule has 1 aliphatic rings. The third-order valence-corrected chi connectivity index (χ3v) is 5.05. The summed E-state index contributed by atoms with van der Waals surface area (Å²) in [5.74, 6) is -3.96. The molecule has 0 spiro atoms. The van der Waals surface area contributed by atoms with E-state index in [2.05, 4.69) is 5.32 Å². The first-order valence-electron chi connectivity index (χ1n) is 9.48. The van der Waals surface area contributed by atoms with Crippen LogP contribution in [0.1, 0.15) is 32.0 Å². The molecular formula is C21H18F2N4O5. The fourth-order valence-corrected chi connectivity index (χ4v) is 3.41. The van der Waals surface area contributed by atoms with Crippen molar-refractivity contribution in [1.29, 1.82) is 0 Å². The first-order valence-corrected chi connectivity index (χ1v) is 9.48. The van der Waals surface area contributed by atoms with Gasteiger partial charge in [0.15, 0.2) is 11.4 Å². The lowest BCUT2D eigenvalue weighted by atomic mass is 10.1. The maximum atomic E-state index is 13.8. The molecule has 0 aliphatic carbocycles. The zero-order valence-corrected chi connectivity index (χ0v) is 16.8. The van der Waals surface area contributed by atoms with Crippen LogP contribution in [-0.4, -0.2) is 40.2 Å². The minimum Gasteiger partial charge on any atom is -0.502 e. The number of aromatic nitrogens is 1. The van der Waals surface area contributed by atoms with Gasteiger partial charge in [0.2, 0.25) is 5.43 Å². The number of hydrogen-bond acceptors (Lipinski definition) is 6. The van der Waals surface area contributed by atoms with E-state index in [-0.39, 0.29) is 31.0 Å². The Morgan fingerprint density at radius 2 is 2.03 bits per heavy atom. The molecule has 0 bridgehead atoms. The highest BCUT2D eigenvalue weighted by atomic mass is 19.1. The van der Waals surface area contributed by atoms with Crippen molar-refractivity contribution >= 4 is 11.8 Å². The Balaban J connectivity index is 1.60. The standard InChI is InChI=1S/C21H18F2N4O5/c1-25-11-26(8-12-4-5-32-10-12)21(31)17-19(29)18(28)15(9-27(17)25)20(30)24-7-13-2-3-14(22)6-16(13)23/h2-6,9-10,29H,7-8,11H2,1H3,(H,24,30). The van der Waals surface area contributed by atoms with Crippen molar-refractivity contribution in [1.82, 2.24) is 14.9 Å². The summed E-state index contributed by atoms with van der Waals surface area (Å²) in [5, 5.41) is 14.4. The number of nitrogens with zero attached hydrogens (tertiary/aromatic N) is 3. The molecule has 32 heavy (non-hydrogen) atoms. The summed E-state index contributed by atoms with van der Waals surface area (Å²) in [6.07, 6.45) is 4.08. The number of pyridine rings is 1. The van der Waals surface area contributed by atoms with Crippen LogP contribution in [-0.2, 0) is 13.1 Å². The molecule has 3 aromatic rings. The molecule has 0 unspecified atom stereocenters. The van der Waals surface area contributed by atoms with Gasteiger partial charge in [-0.15, -0.1) is 0 Å². The van der Waals surface area contributed by atoms with Gasteiger partial charge in [-0.25, -0.2) is 8.78 Å². The fourth-order valence-electron chi connectivity index (χ4n) is 3.41. The van der Waals surface area contributed by atoms with Crippen LogP contribution in [0.15, 0.2) is 52.2 Å². The van der Waals surface area contributed by atoms with Crippen LogP contribution in [0.5, 0.6) is 5.75 Å². The molecule has 166 valence electrons. The van der Waals surface area contributed by atoms with Gasteiger partial charge in [0.1, 0.15) is 23.9 Å². The molecule has 1 aromatic carbocycles. The van der Waals surface area contributed by atoms with Gasteiger partial charge in [-0.05, 0) is 12.1 Å². The molecule has 2 aromatic heterocycles. The number of carbonyl (C=O) groups excluding carboxylic acids is 2. The SMILES string of the molecule is CN1CN(Cc2ccoc2)C(=O)c2c(O)c(=O)c(C(=O)NCc3ccc(F)cc3F)cn21. The van der Waals surface area contributed by atoms with Gasteiger partial charge in [0.05, 0.1) is 19.1 Å². The smallest absolute Gasteiger partial charge is 0.278 e. The number of furan rings is 1. The maximum Gasteiger partial charge on any atom is 0.278 e. The monoisotopic (exact) mass is 444 g/mol. The van der Waals surface area contributed by atoms with Gasteiger partial charge >= 0.3 is 0 Å². The van der Waals surface area contributed by atoms with Crippen molar-refractivity contribution < 1.29 is 27.9 Å². The van der Waals surface area contributed by atoms with Crippen LogP contribution in [0.2, 0.25) is 0 Å². The van der Waals surface area contributed by atoms with E-state index in [9.17, 15) is 28.3 Å². The van der Waals surface area contributed by atoms with Crippen LogP contribution in [0.3, 0.4) is 0 Å². The van der Waals surface area contributed by atoms with E-state index in [1.807, 2.05) is 0 Å². The lowest BCUT2D eigenvalue weighted by molar-refractivity contribution is 0.0677. The van der Waals surface area contributed by atoms with E-state index < -0.39 is 40.2 Å². The van der Waals surface area contributed by atoms with Gasteiger partial charge < -0.3 is 19.7 Å². The van der Waals surface area contributed by atoms with Gasteiger partial charge in [-0.3, -0.25) is 24.1 Å². The Morgan fingerprint density at radius 3 is 2.72 bits per heavy atom. The molecular weight excluding hydrogens is 426 g/mol. The highest BCUT2D eigenvalue weighted by Gasteiger charge is 2.33. The molecule has 2 N–H and O–H groups in total. The molecule has 4 rings (SSSR count). The first-order chi connectivity index (χ1) is 15.3. The number of carbonyl (C=O) groups is 2. The third-order valence-electron chi connectivity index (χ3n) is 5.05. The zero-order chi connectivity index (χ0) is 23.0. The Bertz CT molecular complexity index is 1260. The molecule has 0 atom stereocenters. The normalized spacial score (nSPS) is 13.3. The average Bonchev–Trinajstić information content (AvgIpc) is 3.26. The number of halogens is 2. The lowest BCUT2D eigenvalue weighted by Gasteiger charge is -2.37. The molecule has 3 heterocycles. The van der Waals surface area contributed by atoms with Crippen molar-refractivity contribution in [2.75, 3.05) is 18.7 Å². The maximum absolute atomic E-state index is 13.8. The molecule has 11 heteroatoms. The fraction of sp³-hybridized carbons (Fsp3) is 0.190. The Kier molecular flexibility index (Phi) is 5.39. The van der Waals surface area contributed by atoms with Gasteiger partial charge in [-0.1, -0.05) is 6.07 Å². The summed E-state index contributed by atoms with van der Waals surface area (Å²) in [5.41, 5.74) is -1.01. The number of benzene rings is 1. The minimum atomic E-state index is -1.04. The highest BCUT2D eigenvalue weighted by molar-refractivity contribution is 5.99. The number of aromatic hydroxyl groups is 1. The highest BCUT2D eigenvalue weighted by Crippen LogP contribution is 2.22. The lowest BCUT2D eigenvalue weighted by Crippen LogP contribution is -2.52. The summed E-state index contributed by atoms with van der Waals surface area (Å²) < 4.78 is 33.0. The van der Waals surface area contributed by atoms with Crippen LogP contribution < -0.4 is 15.8 Å². The number of hydrogen-bond donors (Lipinski definition) is 2. The average molecular weight is 444 g/mol. The van der Waals surface area contributed by atoms with E-state index in [0.717, 1.165) is 17.8 Å². The van der Waals surface area contributed by atoms with Crippen molar-refractivity contribution in [2.45, 2.75) is 13.1 Å². The topological polar surface area (TPSA) is 108 Å². The number of fused-ring (bicyclic) bond motifs is 1. The van der Waals surface area contributed by atoms with E-state index in [1.54, 1.807) is 13.1 Å².